The molecule has 2 nitrogen and oxygen atoms in total. The van der Waals surface area contributed by atoms with Crippen molar-refractivity contribution in [1.29, 1.82) is 0 Å². The maximum atomic E-state index is 9.80. The van der Waals surface area contributed by atoms with Gasteiger partial charge in [-0.1, -0.05) is 51.1 Å². The minimum Gasteiger partial charge on any atom is -0.392 e. The molecule has 1 rings (SSSR count). The average Bonchev–Trinajstić information content (AvgIpc) is 2.24. The Morgan fingerprint density at radius 1 is 1.19 bits per heavy atom. The Morgan fingerprint density at radius 3 is 2.38 bits per heavy atom. The number of aliphatic hydroxyl groups excluding tert-OH is 1. The van der Waals surface area contributed by atoms with Crippen LogP contribution in [0.4, 0.5) is 0 Å². The maximum absolute atomic E-state index is 9.80. The lowest BCUT2D eigenvalue weighted by atomic mass is 9.87. The van der Waals surface area contributed by atoms with Gasteiger partial charge in [-0.3, -0.25) is 0 Å². The normalized spacial score (nSPS) is 13.8. The van der Waals surface area contributed by atoms with Crippen molar-refractivity contribution in [3.63, 3.8) is 0 Å². The molecule has 0 fully saturated rings. The molecular weight excluding hydrogens is 200 g/mol. The zero-order valence-corrected chi connectivity index (χ0v) is 10.4. The fraction of sp³-hybridized carbons (Fsp3) is 0.571. The van der Waals surface area contributed by atoms with E-state index in [0.29, 0.717) is 19.6 Å². The Morgan fingerprint density at radius 2 is 1.81 bits per heavy atom. The lowest BCUT2D eigenvalue weighted by Crippen LogP contribution is -2.27. The fourth-order valence-electron chi connectivity index (χ4n) is 1.39. The number of benzene rings is 1. The van der Waals surface area contributed by atoms with E-state index < -0.39 is 0 Å². The van der Waals surface area contributed by atoms with Crippen LogP contribution in [0, 0.1) is 5.41 Å². The van der Waals surface area contributed by atoms with Gasteiger partial charge in [-0.2, -0.15) is 0 Å². The van der Waals surface area contributed by atoms with Crippen LogP contribution in [-0.4, -0.2) is 17.8 Å². The quantitative estimate of drug-likeness (QED) is 0.776. The highest BCUT2D eigenvalue weighted by molar-refractivity contribution is 5.13. The molecule has 0 saturated carbocycles. The lowest BCUT2D eigenvalue weighted by molar-refractivity contribution is 0.0187. The van der Waals surface area contributed by atoms with Crippen LogP contribution in [0.2, 0.25) is 0 Å². The molecule has 1 unspecified atom stereocenters. The van der Waals surface area contributed by atoms with Crippen molar-refractivity contribution in [2.24, 2.45) is 5.41 Å². The zero-order valence-electron chi connectivity index (χ0n) is 10.4. The molecule has 0 heterocycles. The Kier molecular flexibility index (Phi) is 4.97. The summed E-state index contributed by atoms with van der Waals surface area (Å²) in [4.78, 5) is 0. The summed E-state index contributed by atoms with van der Waals surface area (Å²) in [5, 5.41) is 9.80. The molecule has 90 valence electrons. The smallest absolute Gasteiger partial charge is 0.0716 e. The van der Waals surface area contributed by atoms with Gasteiger partial charge in [0.25, 0.3) is 0 Å². The Labute approximate surface area is 98.3 Å². The van der Waals surface area contributed by atoms with E-state index in [0.717, 1.165) is 0 Å². The van der Waals surface area contributed by atoms with Crippen LogP contribution in [0.1, 0.15) is 32.8 Å². The molecule has 0 saturated heterocycles. The molecule has 0 spiro atoms. The first kappa shape index (κ1) is 13.2. The van der Waals surface area contributed by atoms with Crippen LogP contribution >= 0.6 is 0 Å². The molecule has 16 heavy (non-hydrogen) atoms. The third kappa shape index (κ3) is 4.77. The largest absolute Gasteiger partial charge is 0.392 e. The molecule has 0 aliphatic carbocycles. The number of hydrogen-bond donors (Lipinski definition) is 1. The topological polar surface area (TPSA) is 29.5 Å². The lowest BCUT2D eigenvalue weighted by Gasteiger charge is -2.25. The summed E-state index contributed by atoms with van der Waals surface area (Å²) in [6.45, 7) is 7.34. The molecule has 0 radical (unpaired) electrons. The molecule has 1 N–H and O–H groups in total. The molecule has 1 aromatic rings. The first-order chi connectivity index (χ1) is 7.50. The maximum Gasteiger partial charge on any atom is 0.0716 e. The molecule has 1 atom stereocenters. The average molecular weight is 222 g/mol. The molecule has 0 bridgehead atoms. The van der Waals surface area contributed by atoms with Gasteiger partial charge in [-0.05, 0) is 17.4 Å². The van der Waals surface area contributed by atoms with Gasteiger partial charge in [0.1, 0.15) is 0 Å². The van der Waals surface area contributed by atoms with E-state index in [1.165, 1.54) is 5.56 Å². The van der Waals surface area contributed by atoms with Crippen LogP contribution in [0.25, 0.3) is 0 Å². The zero-order chi connectivity index (χ0) is 12.0. The van der Waals surface area contributed by atoms with Gasteiger partial charge >= 0.3 is 0 Å². The van der Waals surface area contributed by atoms with E-state index in [9.17, 15) is 5.11 Å². The van der Waals surface area contributed by atoms with Gasteiger partial charge in [0.05, 0.1) is 12.7 Å². The van der Waals surface area contributed by atoms with Crippen molar-refractivity contribution in [3.8, 4) is 0 Å². The Bertz CT molecular complexity index is 287. The van der Waals surface area contributed by atoms with Crippen molar-refractivity contribution >= 4 is 0 Å². The van der Waals surface area contributed by atoms with Gasteiger partial charge < -0.3 is 9.84 Å². The Hall–Kier alpha value is -0.860. The second-order valence-electron chi connectivity index (χ2n) is 5.21. The van der Waals surface area contributed by atoms with Crippen molar-refractivity contribution in [2.75, 3.05) is 6.61 Å². The predicted molar refractivity (Wildman–Crippen MR) is 66.2 cm³/mol. The molecule has 0 amide bonds. The molecule has 1 aromatic carbocycles. The minimum absolute atomic E-state index is 0.0594. The highest BCUT2D eigenvalue weighted by atomic mass is 16.5. The first-order valence-corrected chi connectivity index (χ1v) is 5.80. The van der Waals surface area contributed by atoms with E-state index in [-0.39, 0.29) is 11.5 Å². The molecule has 0 aliphatic heterocycles. The standard InChI is InChI=1S/C14H22O2/c1-14(2,3)13(15)9-10-16-11-12-7-5-4-6-8-12/h4-8,13,15H,9-11H2,1-3H3. The fourth-order valence-corrected chi connectivity index (χ4v) is 1.39. The van der Waals surface area contributed by atoms with Crippen LogP contribution < -0.4 is 0 Å². The minimum atomic E-state index is -0.303. The van der Waals surface area contributed by atoms with E-state index in [1.54, 1.807) is 0 Å². The van der Waals surface area contributed by atoms with E-state index in [1.807, 2.05) is 51.1 Å². The summed E-state index contributed by atoms with van der Waals surface area (Å²) < 4.78 is 5.53. The first-order valence-electron chi connectivity index (χ1n) is 5.80. The van der Waals surface area contributed by atoms with Gasteiger partial charge in [0.15, 0.2) is 0 Å². The Balaban J connectivity index is 2.18. The van der Waals surface area contributed by atoms with Crippen LogP contribution in [0.3, 0.4) is 0 Å². The highest BCUT2D eigenvalue weighted by Gasteiger charge is 2.21. The highest BCUT2D eigenvalue weighted by Crippen LogP contribution is 2.21. The summed E-state index contributed by atoms with van der Waals surface area (Å²) >= 11 is 0. The number of hydrogen-bond acceptors (Lipinski definition) is 2. The van der Waals surface area contributed by atoms with Gasteiger partial charge in [0.2, 0.25) is 0 Å². The number of rotatable bonds is 5. The van der Waals surface area contributed by atoms with Gasteiger partial charge in [-0.15, -0.1) is 0 Å². The van der Waals surface area contributed by atoms with Crippen LogP contribution in [-0.2, 0) is 11.3 Å². The van der Waals surface area contributed by atoms with Crippen LogP contribution in [0.5, 0.6) is 0 Å². The number of ether oxygens (including phenoxy) is 1. The van der Waals surface area contributed by atoms with Gasteiger partial charge in [0, 0.05) is 6.61 Å². The van der Waals surface area contributed by atoms with E-state index in [4.69, 9.17) is 4.74 Å². The SMILES string of the molecule is CC(C)(C)C(O)CCOCc1ccccc1. The summed E-state index contributed by atoms with van der Waals surface area (Å²) in [6.07, 6.45) is 0.388. The third-order valence-corrected chi connectivity index (χ3v) is 2.65. The van der Waals surface area contributed by atoms with Gasteiger partial charge in [-0.25, -0.2) is 0 Å². The third-order valence-electron chi connectivity index (χ3n) is 2.65. The monoisotopic (exact) mass is 222 g/mol. The van der Waals surface area contributed by atoms with E-state index >= 15 is 0 Å². The predicted octanol–water partition coefficient (Wildman–Crippen LogP) is 3.00. The molecule has 0 aliphatic rings. The second-order valence-corrected chi connectivity index (χ2v) is 5.21. The summed E-state index contributed by atoms with van der Waals surface area (Å²) in [5.41, 5.74) is 1.11. The van der Waals surface area contributed by atoms with E-state index in [2.05, 4.69) is 0 Å². The van der Waals surface area contributed by atoms with Crippen molar-refractivity contribution in [1.82, 2.24) is 0 Å². The number of aliphatic hydroxyl groups is 1. The molecule has 0 aromatic heterocycles. The molecule has 2 heteroatoms. The van der Waals surface area contributed by atoms with Crippen molar-refractivity contribution < 1.29 is 9.84 Å². The second kappa shape index (κ2) is 6.02. The summed E-state index contributed by atoms with van der Waals surface area (Å²) in [7, 11) is 0. The van der Waals surface area contributed by atoms with Crippen molar-refractivity contribution in [3.05, 3.63) is 35.9 Å². The summed E-state index contributed by atoms with van der Waals surface area (Å²) in [6, 6.07) is 10.1. The van der Waals surface area contributed by atoms with Crippen molar-refractivity contribution in [2.45, 2.75) is 39.9 Å². The summed E-state index contributed by atoms with van der Waals surface area (Å²) in [5.74, 6) is 0. The molecular formula is C14H22O2. The van der Waals surface area contributed by atoms with Crippen LogP contribution in [0.15, 0.2) is 30.3 Å².